The molecule has 0 saturated carbocycles. The van der Waals surface area contributed by atoms with Gasteiger partial charge in [-0.2, -0.15) is 0 Å². The summed E-state index contributed by atoms with van der Waals surface area (Å²) in [5, 5.41) is 11.2. The van der Waals surface area contributed by atoms with Crippen LogP contribution in [0.2, 0.25) is 0 Å². The number of ether oxygens (including phenoxy) is 3. The van der Waals surface area contributed by atoms with Crippen LogP contribution in [0.5, 0.6) is 17.2 Å². The normalized spacial score (nSPS) is 12.1. The molecule has 6 aromatic carbocycles. The van der Waals surface area contributed by atoms with Gasteiger partial charge >= 0.3 is 17.9 Å². The highest BCUT2D eigenvalue weighted by atomic mass is 32.2. The van der Waals surface area contributed by atoms with Crippen LogP contribution in [0.3, 0.4) is 0 Å². The quantitative estimate of drug-likeness (QED) is 0.0128. The summed E-state index contributed by atoms with van der Waals surface area (Å²) in [6.07, 6.45) is 0. The summed E-state index contributed by atoms with van der Waals surface area (Å²) in [5.41, 5.74) is 0.294. The molecule has 6 N–H and O–H groups in total. The van der Waals surface area contributed by atoms with Gasteiger partial charge in [-0.05, 0) is 89.5 Å². The van der Waals surface area contributed by atoms with Crippen LogP contribution in [0.25, 0.3) is 33.4 Å². The maximum atomic E-state index is 14.4. The minimum absolute atomic E-state index is 0.00326. The van der Waals surface area contributed by atoms with Crippen LogP contribution in [0, 0.1) is 34.9 Å². The number of rotatable bonds is 33. The minimum Gasteiger partial charge on any atom is -0.426 e. The fourth-order valence-corrected chi connectivity index (χ4v) is 16.0. The van der Waals surface area contributed by atoms with E-state index in [9.17, 15) is 113 Å². The van der Waals surface area contributed by atoms with Crippen LogP contribution in [0.15, 0.2) is 109 Å². The molecule has 123 heavy (non-hydrogen) atoms. The Morgan fingerprint density at radius 2 is 0.488 bits per heavy atom. The Morgan fingerprint density at radius 1 is 0.285 bits per heavy atom. The van der Waals surface area contributed by atoms with Crippen LogP contribution in [-0.2, 0) is 71.9 Å². The fourth-order valence-electron chi connectivity index (χ4n) is 10.4. The number of nitrogens with zero attached hydrogens (tertiary/aromatic N) is 3. The first-order valence-electron chi connectivity index (χ1n) is 36.2. The number of hydrogen-bond donors (Lipinski definition) is 6. The lowest BCUT2D eigenvalue weighted by Crippen LogP contribution is -2.48. The SMILES string of the molecule is CC(=O)NC(CSC(=O)c1cc(-c2ccc(F)cc2F)ccc1OC(C)=O)C(=O)SCC(NC(C)=O)C(=O)N(C)C.CC(=O)N[C@@H](CSC(=O)c1cc(-c2ccc(F)cc2F)ccc1OC(C)=O)C(=O)SC[C@H](NC(C)=O)C(=O)N(C)C.CC(=O)N[C@H](CSC(=O)c1cc(-c2ccc(F)cc2F)ccc1OC(C)=O)C(=O)SC[C@@H](NC(C)=O)C(=O)N(C)C. The Hall–Kier alpha value is -11.3. The van der Waals surface area contributed by atoms with E-state index in [-0.39, 0.29) is 102 Å². The van der Waals surface area contributed by atoms with Crippen molar-refractivity contribution in [3.8, 4) is 50.6 Å². The minimum atomic E-state index is -1.16. The number of carbonyl (C=O) groups is 18. The number of likely N-dealkylation sites (N-methyl/N-ethyl adjacent to an activating group) is 3. The maximum absolute atomic E-state index is 14.4. The molecule has 0 aliphatic carbocycles. The highest BCUT2D eigenvalue weighted by molar-refractivity contribution is 8.16. The number of hydrogen-bond acceptors (Lipinski definition) is 27. The van der Waals surface area contributed by atoms with E-state index in [2.05, 4.69) is 31.9 Å². The molecule has 6 rings (SSSR count). The number of esters is 3. The fraction of sp³-hybridized carbons (Fsp3) is 0.333. The molecule has 6 aromatic rings. The molecular formula is C81H87F6N9O21S6. The Bertz CT molecular complexity index is 4550. The molecule has 0 bridgehead atoms. The van der Waals surface area contributed by atoms with Crippen molar-refractivity contribution in [1.29, 1.82) is 0 Å². The summed E-state index contributed by atoms with van der Waals surface area (Å²) in [6, 6.07) is 14.3. The van der Waals surface area contributed by atoms with Gasteiger partial charge in [-0.25, -0.2) is 26.3 Å². The number of amides is 9. The second-order valence-electron chi connectivity index (χ2n) is 26.7. The molecule has 0 aliphatic rings. The van der Waals surface area contributed by atoms with E-state index in [1.165, 1.54) is 171 Å². The van der Waals surface area contributed by atoms with E-state index in [1.54, 1.807) is 0 Å². The van der Waals surface area contributed by atoms with E-state index in [4.69, 9.17) is 14.2 Å². The Morgan fingerprint density at radius 3 is 0.675 bits per heavy atom. The topological polar surface area (TPSA) is 417 Å². The average molecular weight is 1830 g/mol. The molecule has 6 atom stereocenters. The van der Waals surface area contributed by atoms with Crippen molar-refractivity contribution < 1.29 is 127 Å². The van der Waals surface area contributed by atoms with Gasteiger partial charge in [-0.1, -0.05) is 88.8 Å². The third-order valence-electron chi connectivity index (χ3n) is 15.7. The standard InChI is InChI=1S/3C27H29F2N3O7S2/c3*1-14(33)30-22(25(36)32(4)5)12-41-27(38)23(31-15(2)34)13-40-26(37)20-10-17(6-9-24(20)39-16(3)35)19-8-7-18(28)11-21(19)29/h3*6-11,22-23H,12-13H2,1-5H3,(H,30,33)(H,31,34)/t2*22-,23-;/m10./s1. The molecule has 9 amide bonds. The first kappa shape index (κ1) is 104. The second-order valence-corrected chi connectivity index (χ2v) is 32.7. The van der Waals surface area contributed by atoms with E-state index in [1.807, 2.05) is 0 Å². The molecule has 0 fully saturated rings. The van der Waals surface area contributed by atoms with Crippen molar-refractivity contribution in [2.24, 2.45) is 0 Å². The molecule has 30 nitrogen and oxygen atoms in total. The van der Waals surface area contributed by atoms with E-state index < -0.39 is 173 Å². The zero-order valence-electron chi connectivity index (χ0n) is 68.7. The molecular weight excluding hydrogens is 1740 g/mol. The Balaban J connectivity index is 0.000000387. The van der Waals surface area contributed by atoms with Crippen LogP contribution in [0.1, 0.15) is 93.4 Å². The van der Waals surface area contributed by atoms with Gasteiger partial charge in [0.25, 0.3) is 0 Å². The molecule has 0 spiro atoms. The van der Waals surface area contributed by atoms with Gasteiger partial charge in [0.15, 0.2) is 0 Å². The maximum Gasteiger partial charge on any atom is 0.308 e. The van der Waals surface area contributed by atoms with E-state index in [0.717, 1.165) is 39.0 Å². The number of benzene rings is 6. The van der Waals surface area contributed by atoms with Crippen LogP contribution in [-0.4, -0.2) is 230 Å². The van der Waals surface area contributed by atoms with Crippen molar-refractivity contribution in [2.75, 3.05) is 76.8 Å². The summed E-state index contributed by atoms with van der Waals surface area (Å²) >= 11 is 4.02. The van der Waals surface area contributed by atoms with Gasteiger partial charge in [-0.3, -0.25) is 86.3 Å². The first-order chi connectivity index (χ1) is 57.6. The van der Waals surface area contributed by atoms with Gasteiger partial charge in [0.2, 0.25) is 83.9 Å². The molecule has 0 radical (unpaired) electrons. The predicted molar refractivity (Wildman–Crippen MR) is 454 cm³/mol. The highest BCUT2D eigenvalue weighted by Gasteiger charge is 2.33. The summed E-state index contributed by atoms with van der Waals surface area (Å²) in [6.45, 7) is 10.6. The third-order valence-corrected chi connectivity index (χ3v) is 21.9. The van der Waals surface area contributed by atoms with Crippen LogP contribution < -0.4 is 46.1 Å². The molecule has 660 valence electrons. The molecule has 0 aromatic heterocycles. The summed E-state index contributed by atoms with van der Waals surface area (Å²) in [5.74, 6) is -12.8. The zero-order valence-corrected chi connectivity index (χ0v) is 73.6. The second kappa shape index (κ2) is 50.3. The average Bonchev–Trinajstić information content (AvgIpc) is 0.814. The zero-order chi connectivity index (χ0) is 92.6. The number of thioether (sulfide) groups is 6. The molecule has 2 unspecified atom stereocenters. The number of carbonyl (C=O) groups excluding carboxylic acids is 18. The third kappa shape index (κ3) is 35.2. The predicted octanol–water partition coefficient (Wildman–Crippen LogP) is 8.36. The van der Waals surface area contributed by atoms with Crippen LogP contribution in [0.4, 0.5) is 26.3 Å². The Kier molecular flexibility index (Phi) is 42.5. The van der Waals surface area contributed by atoms with E-state index in [0.29, 0.717) is 88.8 Å². The van der Waals surface area contributed by atoms with Gasteiger partial charge < -0.3 is 60.8 Å². The van der Waals surface area contributed by atoms with Gasteiger partial charge in [-0.15, -0.1) is 0 Å². The number of halogens is 6. The van der Waals surface area contributed by atoms with Crippen molar-refractivity contribution in [2.45, 2.75) is 98.6 Å². The molecule has 0 heterocycles. The number of nitrogens with one attached hydrogen (secondary N) is 6. The van der Waals surface area contributed by atoms with Gasteiger partial charge in [0, 0.05) is 174 Å². The first-order valence-corrected chi connectivity index (χ1v) is 42.1. The van der Waals surface area contributed by atoms with Crippen LogP contribution >= 0.6 is 70.6 Å². The smallest absolute Gasteiger partial charge is 0.308 e. The largest absolute Gasteiger partial charge is 0.426 e. The van der Waals surface area contributed by atoms with Crippen molar-refractivity contribution >= 4 is 172 Å². The van der Waals surface area contributed by atoms with Crippen molar-refractivity contribution in [3.63, 3.8) is 0 Å². The molecule has 0 aliphatic heterocycles. The summed E-state index contributed by atoms with van der Waals surface area (Å²) in [7, 11) is 8.97. The monoisotopic (exact) mass is 1830 g/mol. The van der Waals surface area contributed by atoms with Crippen molar-refractivity contribution in [1.82, 2.24) is 46.6 Å². The van der Waals surface area contributed by atoms with E-state index >= 15 is 0 Å². The molecule has 42 heteroatoms. The Labute approximate surface area is 728 Å². The molecule has 0 saturated heterocycles. The lowest BCUT2D eigenvalue weighted by molar-refractivity contribution is -0.133. The van der Waals surface area contributed by atoms with Crippen molar-refractivity contribution in [3.05, 3.63) is 161 Å². The van der Waals surface area contributed by atoms with Gasteiger partial charge in [0.1, 0.15) is 88.4 Å². The highest BCUT2D eigenvalue weighted by Crippen LogP contribution is 2.36. The lowest BCUT2D eigenvalue weighted by atomic mass is 10.0. The van der Waals surface area contributed by atoms with Gasteiger partial charge in [0.05, 0.1) is 16.7 Å². The summed E-state index contributed by atoms with van der Waals surface area (Å²) < 4.78 is 98.7. The summed E-state index contributed by atoms with van der Waals surface area (Å²) in [4.78, 5) is 224. The lowest BCUT2D eigenvalue weighted by Gasteiger charge is -2.22.